The monoisotopic (exact) mass is 601 g/mol. The number of carboxylic acids is 2. The molecule has 0 saturated heterocycles. The van der Waals surface area contributed by atoms with Crippen LogP contribution in [0.25, 0.3) is 23.1 Å². The van der Waals surface area contributed by atoms with Gasteiger partial charge in [-0.25, -0.2) is 4.39 Å². The zero-order valence-electron chi connectivity index (χ0n) is 25.8. The van der Waals surface area contributed by atoms with Crippen molar-refractivity contribution in [3.63, 3.8) is 0 Å². The van der Waals surface area contributed by atoms with Crippen molar-refractivity contribution in [3.8, 4) is 11.5 Å². The van der Waals surface area contributed by atoms with Gasteiger partial charge in [-0.2, -0.15) is 0 Å². The number of nitrogens with zero attached hydrogens (tertiary/aromatic N) is 1. The summed E-state index contributed by atoms with van der Waals surface area (Å²) in [6, 6.07) is 14.9. The van der Waals surface area contributed by atoms with E-state index in [1.807, 2.05) is 36.4 Å². The third-order valence-corrected chi connectivity index (χ3v) is 7.68. The Labute approximate surface area is 257 Å². The minimum atomic E-state index is -1.04. The van der Waals surface area contributed by atoms with Crippen LogP contribution in [0.3, 0.4) is 0 Å². The number of carbonyl (C=O) groups is 2. The van der Waals surface area contributed by atoms with Crippen LogP contribution >= 0.6 is 0 Å². The van der Waals surface area contributed by atoms with Gasteiger partial charge < -0.3 is 24.3 Å². The van der Waals surface area contributed by atoms with E-state index < -0.39 is 17.8 Å². The van der Waals surface area contributed by atoms with Gasteiger partial charge in [0.2, 0.25) is 0 Å². The molecule has 232 valence electrons. The fourth-order valence-corrected chi connectivity index (χ4v) is 5.69. The van der Waals surface area contributed by atoms with Crippen LogP contribution in [0.15, 0.2) is 48.5 Å². The minimum Gasteiger partial charge on any atom is -0.494 e. The molecular weight excluding hydrogens is 561 g/mol. The molecule has 8 heteroatoms. The summed E-state index contributed by atoms with van der Waals surface area (Å²) in [6.45, 7) is 8.86. The maximum absolute atomic E-state index is 15.1. The highest BCUT2D eigenvalue weighted by molar-refractivity contribution is 5.95. The number of rotatable bonds is 15. The van der Waals surface area contributed by atoms with Crippen molar-refractivity contribution in [1.29, 1.82) is 0 Å². The highest BCUT2D eigenvalue weighted by atomic mass is 19.1. The number of benzene rings is 3. The predicted molar refractivity (Wildman–Crippen MR) is 171 cm³/mol. The van der Waals surface area contributed by atoms with Crippen LogP contribution < -0.4 is 9.47 Å². The number of aliphatic carboxylic acids is 2. The average molecular weight is 602 g/mol. The van der Waals surface area contributed by atoms with E-state index in [4.69, 9.17) is 14.6 Å². The molecule has 4 aromatic rings. The number of aromatic nitrogens is 1. The van der Waals surface area contributed by atoms with Crippen molar-refractivity contribution in [1.82, 2.24) is 4.57 Å². The van der Waals surface area contributed by atoms with Crippen molar-refractivity contribution in [2.45, 2.75) is 66.3 Å². The Kier molecular flexibility index (Phi) is 10.8. The zero-order chi connectivity index (χ0) is 31.8. The van der Waals surface area contributed by atoms with Crippen molar-refractivity contribution >= 4 is 35.0 Å². The molecule has 7 nitrogen and oxygen atoms in total. The Morgan fingerprint density at radius 1 is 0.841 bits per heavy atom. The van der Waals surface area contributed by atoms with Crippen LogP contribution in [0.1, 0.15) is 64.8 Å². The molecule has 0 aliphatic rings. The fourth-order valence-electron chi connectivity index (χ4n) is 5.69. The lowest BCUT2D eigenvalue weighted by Gasteiger charge is -2.13. The van der Waals surface area contributed by atoms with E-state index in [-0.39, 0.29) is 13.0 Å². The van der Waals surface area contributed by atoms with E-state index in [0.717, 1.165) is 41.0 Å². The molecule has 0 bridgehead atoms. The number of halogens is 1. The van der Waals surface area contributed by atoms with E-state index in [1.54, 1.807) is 17.6 Å². The van der Waals surface area contributed by atoms with Gasteiger partial charge in [-0.1, -0.05) is 42.0 Å². The van der Waals surface area contributed by atoms with E-state index in [1.165, 1.54) is 11.6 Å². The van der Waals surface area contributed by atoms with Gasteiger partial charge in [0, 0.05) is 17.5 Å². The normalized spacial score (nSPS) is 11.4. The third-order valence-electron chi connectivity index (χ3n) is 7.68. The molecule has 0 amide bonds. The first-order chi connectivity index (χ1) is 21.0. The summed E-state index contributed by atoms with van der Waals surface area (Å²) in [5.41, 5.74) is 6.87. The molecule has 3 aromatic carbocycles. The number of hydrogen-bond acceptors (Lipinski definition) is 4. The largest absolute Gasteiger partial charge is 0.494 e. The lowest BCUT2D eigenvalue weighted by atomic mass is 10.0. The van der Waals surface area contributed by atoms with Crippen LogP contribution in [-0.4, -0.2) is 39.9 Å². The van der Waals surface area contributed by atoms with Gasteiger partial charge in [0.1, 0.15) is 23.9 Å². The number of unbranched alkanes of at least 4 members (excludes halogenated alkanes) is 1. The Bertz CT molecular complexity index is 1650. The molecule has 1 heterocycles. The first kappa shape index (κ1) is 32.3. The molecule has 4 rings (SSSR count). The quantitative estimate of drug-likeness (QED) is 0.106. The van der Waals surface area contributed by atoms with Crippen molar-refractivity contribution in [2.24, 2.45) is 0 Å². The Morgan fingerprint density at radius 2 is 1.50 bits per heavy atom. The van der Waals surface area contributed by atoms with Gasteiger partial charge in [-0.15, -0.1) is 0 Å². The average Bonchev–Trinajstić information content (AvgIpc) is 3.23. The number of fused-ring (bicyclic) bond motifs is 1. The standard InChI is InChI=1S/C36H40FNO6/c1-23-20-24(2)36(25(3)21-23)44-19-6-5-18-43-29-15-11-27(12-16-29)10-13-28-14-17-31(37)34-30(8-7-9-32(39)40)26(4)38(35(28)34)22-33(41)42/h10-17,20-21H,5-9,18-19,22H2,1-4H3,(H,39,40)(H,41,42)/b13-10+. The maximum Gasteiger partial charge on any atom is 0.323 e. The second-order valence-corrected chi connectivity index (χ2v) is 11.2. The topological polar surface area (TPSA) is 98.0 Å². The number of aryl methyl sites for hydroxylation is 4. The van der Waals surface area contributed by atoms with Crippen LogP contribution in [-0.2, 0) is 22.6 Å². The van der Waals surface area contributed by atoms with Gasteiger partial charge in [-0.3, -0.25) is 9.59 Å². The van der Waals surface area contributed by atoms with E-state index in [0.29, 0.717) is 53.8 Å². The molecule has 1 aromatic heterocycles. The van der Waals surface area contributed by atoms with Gasteiger partial charge in [0.25, 0.3) is 0 Å². The highest BCUT2D eigenvalue weighted by Crippen LogP contribution is 2.33. The molecule has 44 heavy (non-hydrogen) atoms. The van der Waals surface area contributed by atoms with Crippen LogP contribution in [0.4, 0.5) is 4.39 Å². The molecule has 0 spiro atoms. The minimum absolute atomic E-state index is 0.0478. The second-order valence-electron chi connectivity index (χ2n) is 11.2. The summed E-state index contributed by atoms with van der Waals surface area (Å²) >= 11 is 0. The molecular formula is C36H40FNO6. The van der Waals surface area contributed by atoms with Gasteiger partial charge in [0.05, 0.1) is 18.7 Å². The summed E-state index contributed by atoms with van der Waals surface area (Å²) in [4.78, 5) is 22.7. The summed E-state index contributed by atoms with van der Waals surface area (Å²) in [5.74, 6) is -0.701. The van der Waals surface area contributed by atoms with Crippen LogP contribution in [0, 0.1) is 33.5 Å². The Balaban J connectivity index is 1.40. The smallest absolute Gasteiger partial charge is 0.323 e. The maximum atomic E-state index is 15.1. The van der Waals surface area contributed by atoms with Crippen molar-refractivity contribution in [2.75, 3.05) is 13.2 Å². The van der Waals surface area contributed by atoms with E-state index in [9.17, 15) is 14.7 Å². The van der Waals surface area contributed by atoms with Gasteiger partial charge >= 0.3 is 11.9 Å². The molecule has 0 aliphatic carbocycles. The van der Waals surface area contributed by atoms with E-state index >= 15 is 4.39 Å². The Hall–Kier alpha value is -4.59. The Morgan fingerprint density at radius 3 is 2.14 bits per heavy atom. The molecule has 2 N–H and O–H groups in total. The van der Waals surface area contributed by atoms with Crippen molar-refractivity contribution < 1.29 is 33.7 Å². The molecule has 0 aliphatic heterocycles. The third kappa shape index (κ3) is 8.07. The number of carboxylic acid groups (broad SMARTS) is 2. The van der Waals surface area contributed by atoms with Crippen LogP contribution in [0.2, 0.25) is 0 Å². The zero-order valence-corrected chi connectivity index (χ0v) is 25.8. The molecule has 0 radical (unpaired) electrons. The summed E-state index contributed by atoms with van der Waals surface area (Å²) in [7, 11) is 0. The SMILES string of the molecule is Cc1cc(C)c(OCCCCOc2ccc(/C=C/c3ccc(F)c4c(CCCC(=O)O)c(C)n(CC(=O)O)c34)cc2)c(C)c1. The van der Waals surface area contributed by atoms with Crippen LogP contribution in [0.5, 0.6) is 11.5 Å². The van der Waals surface area contributed by atoms with E-state index in [2.05, 4.69) is 32.9 Å². The predicted octanol–water partition coefficient (Wildman–Crippen LogP) is 7.91. The molecule has 0 unspecified atom stereocenters. The first-order valence-corrected chi connectivity index (χ1v) is 14.9. The first-order valence-electron chi connectivity index (χ1n) is 14.9. The lowest BCUT2D eigenvalue weighted by Crippen LogP contribution is -2.10. The number of hydrogen-bond donors (Lipinski definition) is 2. The highest BCUT2D eigenvalue weighted by Gasteiger charge is 2.21. The summed E-state index contributed by atoms with van der Waals surface area (Å²) < 4.78 is 28.6. The van der Waals surface area contributed by atoms with Crippen molar-refractivity contribution in [3.05, 3.63) is 93.4 Å². The molecule has 0 saturated carbocycles. The summed E-state index contributed by atoms with van der Waals surface area (Å²) in [6.07, 6.45) is 6.09. The van der Waals surface area contributed by atoms with Gasteiger partial charge in [0.15, 0.2) is 0 Å². The molecule has 0 atom stereocenters. The molecule has 0 fully saturated rings. The second kappa shape index (κ2) is 14.7. The summed E-state index contributed by atoms with van der Waals surface area (Å²) in [5, 5.41) is 18.9. The lowest BCUT2D eigenvalue weighted by molar-refractivity contribution is -0.138. The number of ether oxygens (including phenoxy) is 2. The van der Waals surface area contributed by atoms with Gasteiger partial charge in [-0.05, 0) is 105 Å². The fraction of sp³-hybridized carbons (Fsp3) is 0.333.